The average molecular weight is 505 g/mol. The van der Waals surface area contributed by atoms with Crippen LogP contribution in [0.5, 0.6) is 5.75 Å². The molecule has 4 nitrogen and oxygen atoms in total. The van der Waals surface area contributed by atoms with Crippen molar-refractivity contribution in [3.63, 3.8) is 0 Å². The fourth-order valence-corrected chi connectivity index (χ4v) is 3.02. The zero-order chi connectivity index (χ0) is 23.9. The third-order valence-corrected chi connectivity index (χ3v) is 4.52. The standard InChI is InChI=1S/C16H11ClF3NO3.C6H4Cl2/c1-9(22)24-14-10(5-4-6-11(14)16(18,19)20)15(23)21-13-8-3-2-7-12(13)17;7-5-2-1-3-6(8)4-5/h2-8H,1H3,(H,21,23);1-4H. The summed E-state index contributed by atoms with van der Waals surface area (Å²) in [4.78, 5) is 23.5. The Balaban J connectivity index is 0.000000380. The van der Waals surface area contributed by atoms with Gasteiger partial charge in [0, 0.05) is 17.0 Å². The molecule has 0 atom stereocenters. The summed E-state index contributed by atoms with van der Waals surface area (Å²) < 4.78 is 43.9. The Hall–Kier alpha value is -2.74. The van der Waals surface area contributed by atoms with Crippen LogP contribution in [0.25, 0.3) is 0 Å². The van der Waals surface area contributed by atoms with Crippen LogP contribution in [-0.4, -0.2) is 11.9 Å². The van der Waals surface area contributed by atoms with Crippen LogP contribution in [0.1, 0.15) is 22.8 Å². The molecule has 1 amide bonds. The Morgan fingerprint density at radius 2 is 1.47 bits per heavy atom. The van der Waals surface area contributed by atoms with Crippen molar-refractivity contribution in [2.45, 2.75) is 13.1 Å². The number of hydrogen-bond donors (Lipinski definition) is 1. The molecular formula is C22H15Cl3F3NO3. The van der Waals surface area contributed by atoms with Gasteiger partial charge in [-0.25, -0.2) is 0 Å². The molecule has 32 heavy (non-hydrogen) atoms. The summed E-state index contributed by atoms with van der Waals surface area (Å²) in [6.45, 7) is 0.947. The highest BCUT2D eigenvalue weighted by atomic mass is 35.5. The molecule has 3 aromatic carbocycles. The molecule has 0 fully saturated rings. The first-order valence-electron chi connectivity index (χ1n) is 8.84. The zero-order valence-corrected chi connectivity index (χ0v) is 18.6. The van der Waals surface area contributed by atoms with Gasteiger partial charge in [-0.15, -0.1) is 0 Å². The number of carbonyl (C=O) groups is 2. The molecule has 0 spiro atoms. The maximum Gasteiger partial charge on any atom is 0.420 e. The van der Waals surface area contributed by atoms with Crippen molar-refractivity contribution in [3.05, 3.63) is 92.9 Å². The second-order valence-electron chi connectivity index (χ2n) is 6.15. The Labute approximate surface area is 196 Å². The van der Waals surface area contributed by atoms with Crippen LogP contribution in [0, 0.1) is 0 Å². The average Bonchev–Trinajstić information content (AvgIpc) is 2.69. The van der Waals surface area contributed by atoms with Gasteiger partial charge in [0.1, 0.15) is 0 Å². The summed E-state index contributed by atoms with van der Waals surface area (Å²) in [7, 11) is 0. The summed E-state index contributed by atoms with van der Waals surface area (Å²) in [5, 5.41) is 3.96. The third kappa shape index (κ3) is 7.44. The first-order valence-corrected chi connectivity index (χ1v) is 9.98. The Morgan fingerprint density at radius 1 is 0.875 bits per heavy atom. The number of rotatable bonds is 3. The van der Waals surface area contributed by atoms with Gasteiger partial charge in [0.05, 0.1) is 21.8 Å². The second kappa shape index (κ2) is 11.2. The highest BCUT2D eigenvalue weighted by Crippen LogP contribution is 2.38. The fourth-order valence-electron chi connectivity index (χ4n) is 2.40. The molecule has 0 aliphatic heterocycles. The van der Waals surface area contributed by atoms with E-state index in [1.165, 1.54) is 12.1 Å². The van der Waals surface area contributed by atoms with Gasteiger partial charge in [-0.1, -0.05) is 59.1 Å². The summed E-state index contributed by atoms with van der Waals surface area (Å²) in [6.07, 6.45) is -4.79. The van der Waals surface area contributed by atoms with Gasteiger partial charge in [-0.2, -0.15) is 13.2 Å². The summed E-state index contributed by atoms with van der Waals surface area (Å²) >= 11 is 17.0. The van der Waals surface area contributed by atoms with Gasteiger partial charge in [-0.3, -0.25) is 9.59 Å². The molecule has 168 valence electrons. The normalized spacial score (nSPS) is 10.6. The third-order valence-electron chi connectivity index (χ3n) is 3.72. The molecular weight excluding hydrogens is 490 g/mol. The van der Waals surface area contributed by atoms with Gasteiger partial charge >= 0.3 is 12.1 Å². The summed E-state index contributed by atoms with van der Waals surface area (Å²) in [5.74, 6) is -2.70. The minimum Gasteiger partial charge on any atom is -0.425 e. The van der Waals surface area contributed by atoms with Crippen LogP contribution >= 0.6 is 34.8 Å². The molecule has 0 radical (unpaired) electrons. The van der Waals surface area contributed by atoms with Gasteiger partial charge in [0.15, 0.2) is 5.75 Å². The Morgan fingerprint density at radius 3 is 1.97 bits per heavy atom. The molecule has 1 N–H and O–H groups in total. The van der Waals surface area contributed by atoms with Crippen LogP contribution in [0.4, 0.5) is 18.9 Å². The van der Waals surface area contributed by atoms with E-state index in [0.29, 0.717) is 10.0 Å². The van der Waals surface area contributed by atoms with Crippen LogP contribution in [-0.2, 0) is 11.0 Å². The lowest BCUT2D eigenvalue weighted by molar-refractivity contribution is -0.141. The highest BCUT2D eigenvalue weighted by molar-refractivity contribution is 6.34. The number of halogens is 6. The number of esters is 1. The number of alkyl halides is 3. The van der Waals surface area contributed by atoms with Gasteiger partial charge in [0.25, 0.3) is 5.91 Å². The SMILES string of the molecule is CC(=O)Oc1c(C(=O)Nc2ccccc2Cl)cccc1C(F)(F)F.Clc1cccc(Cl)c1. The van der Waals surface area contributed by atoms with E-state index in [-0.39, 0.29) is 10.7 Å². The molecule has 3 rings (SSSR count). The molecule has 0 aliphatic carbocycles. The lowest BCUT2D eigenvalue weighted by Crippen LogP contribution is -2.18. The van der Waals surface area contributed by atoms with E-state index in [1.54, 1.807) is 30.3 Å². The lowest BCUT2D eigenvalue weighted by Gasteiger charge is -2.16. The topological polar surface area (TPSA) is 55.4 Å². The van der Waals surface area contributed by atoms with Crippen molar-refractivity contribution in [1.29, 1.82) is 0 Å². The molecule has 0 aromatic heterocycles. The first-order chi connectivity index (χ1) is 15.0. The number of carbonyl (C=O) groups excluding carboxylic acids is 2. The molecule has 0 saturated carbocycles. The molecule has 0 aliphatic rings. The monoisotopic (exact) mass is 503 g/mol. The second-order valence-corrected chi connectivity index (χ2v) is 7.43. The number of amides is 1. The predicted molar refractivity (Wildman–Crippen MR) is 119 cm³/mol. The van der Waals surface area contributed by atoms with Gasteiger partial charge in [-0.05, 0) is 42.5 Å². The van der Waals surface area contributed by atoms with E-state index in [1.807, 2.05) is 6.07 Å². The molecule has 0 saturated heterocycles. The highest BCUT2D eigenvalue weighted by Gasteiger charge is 2.37. The maximum atomic E-state index is 13.1. The fraction of sp³-hybridized carbons (Fsp3) is 0.0909. The van der Waals surface area contributed by atoms with Crippen molar-refractivity contribution in [3.8, 4) is 5.75 Å². The number of hydrogen-bond acceptors (Lipinski definition) is 3. The quantitative estimate of drug-likeness (QED) is 0.296. The Kier molecular flexibility index (Phi) is 8.95. The van der Waals surface area contributed by atoms with E-state index in [2.05, 4.69) is 10.1 Å². The predicted octanol–water partition coefficient (Wildman–Crippen LogP) is 7.53. The maximum absolute atomic E-state index is 13.1. The van der Waals surface area contributed by atoms with E-state index in [0.717, 1.165) is 25.1 Å². The minimum absolute atomic E-state index is 0.215. The van der Waals surface area contributed by atoms with Crippen LogP contribution < -0.4 is 10.1 Å². The number of benzene rings is 3. The summed E-state index contributed by atoms with van der Waals surface area (Å²) in [6, 6.07) is 16.2. The number of ether oxygens (including phenoxy) is 1. The number of nitrogens with one attached hydrogen (secondary N) is 1. The van der Waals surface area contributed by atoms with Crippen molar-refractivity contribution in [1.82, 2.24) is 0 Å². The summed E-state index contributed by atoms with van der Waals surface area (Å²) in [5.41, 5.74) is -1.43. The van der Waals surface area contributed by atoms with Gasteiger partial charge in [0.2, 0.25) is 0 Å². The molecule has 0 unspecified atom stereocenters. The van der Waals surface area contributed by atoms with Gasteiger partial charge < -0.3 is 10.1 Å². The van der Waals surface area contributed by atoms with E-state index in [4.69, 9.17) is 34.8 Å². The van der Waals surface area contributed by atoms with Crippen molar-refractivity contribution < 1.29 is 27.5 Å². The van der Waals surface area contributed by atoms with Crippen molar-refractivity contribution in [2.24, 2.45) is 0 Å². The lowest BCUT2D eigenvalue weighted by atomic mass is 10.1. The van der Waals surface area contributed by atoms with Crippen molar-refractivity contribution in [2.75, 3.05) is 5.32 Å². The van der Waals surface area contributed by atoms with Crippen molar-refractivity contribution >= 4 is 52.4 Å². The molecule has 10 heteroatoms. The molecule has 0 bridgehead atoms. The Bertz CT molecular complexity index is 1100. The van der Waals surface area contributed by atoms with Crippen LogP contribution in [0.2, 0.25) is 15.1 Å². The van der Waals surface area contributed by atoms with Crippen LogP contribution in [0.3, 0.4) is 0 Å². The number of para-hydroxylation sites is 2. The van der Waals surface area contributed by atoms with E-state index < -0.39 is 34.9 Å². The smallest absolute Gasteiger partial charge is 0.420 e. The van der Waals surface area contributed by atoms with E-state index in [9.17, 15) is 22.8 Å². The first kappa shape index (κ1) is 25.5. The van der Waals surface area contributed by atoms with Crippen LogP contribution in [0.15, 0.2) is 66.7 Å². The molecule has 0 heterocycles. The minimum atomic E-state index is -4.79. The molecule has 3 aromatic rings. The zero-order valence-electron chi connectivity index (χ0n) is 16.3. The largest absolute Gasteiger partial charge is 0.425 e. The number of anilines is 1. The van der Waals surface area contributed by atoms with E-state index >= 15 is 0 Å².